The van der Waals surface area contributed by atoms with Crippen LogP contribution in [0.3, 0.4) is 0 Å². The van der Waals surface area contributed by atoms with Crippen molar-refractivity contribution in [3.8, 4) is 5.75 Å². The van der Waals surface area contributed by atoms with Crippen LogP contribution in [0.5, 0.6) is 5.75 Å². The predicted molar refractivity (Wildman–Crippen MR) is 113 cm³/mol. The van der Waals surface area contributed by atoms with E-state index in [0.717, 1.165) is 11.3 Å². The number of hydrogen-bond acceptors (Lipinski definition) is 7. The van der Waals surface area contributed by atoms with Gasteiger partial charge in [-0.25, -0.2) is 9.59 Å². The molecular formula is C20H16ClN3O6S. The first-order valence-electron chi connectivity index (χ1n) is 9.41. The molecule has 11 heteroatoms. The van der Waals surface area contributed by atoms with Crippen molar-refractivity contribution in [2.45, 2.75) is 12.1 Å². The Hall–Kier alpha value is -3.24. The van der Waals surface area contributed by atoms with Crippen molar-refractivity contribution in [3.63, 3.8) is 0 Å². The number of nitrogens with one attached hydrogen (secondary N) is 1. The number of carbonyl (C=O) groups is 3. The van der Waals surface area contributed by atoms with E-state index in [4.69, 9.17) is 25.8 Å². The number of cyclic esters (lactones) is 2. The quantitative estimate of drug-likeness (QED) is 0.749. The zero-order valence-corrected chi connectivity index (χ0v) is 17.6. The number of ether oxygens (including phenoxy) is 3. The SMILES string of the molecule is C=C1Oc2cc(N3CCOC3=O)ccc2N2C(=O)O[C@@H](CNC(=O)c3ccc(Cl)s3)[C@H]12. The van der Waals surface area contributed by atoms with Crippen LogP contribution in [0.4, 0.5) is 21.0 Å². The Morgan fingerprint density at radius 3 is 2.81 bits per heavy atom. The molecule has 3 aliphatic rings. The first-order chi connectivity index (χ1) is 14.9. The summed E-state index contributed by atoms with van der Waals surface area (Å²) in [6.45, 7) is 4.77. The van der Waals surface area contributed by atoms with E-state index < -0.39 is 24.3 Å². The molecule has 2 aromatic rings. The second-order valence-electron chi connectivity index (χ2n) is 7.04. The summed E-state index contributed by atoms with van der Waals surface area (Å²) in [5, 5.41) is 2.76. The van der Waals surface area contributed by atoms with Crippen molar-refractivity contribution >= 4 is 52.4 Å². The molecule has 3 amide bonds. The maximum Gasteiger partial charge on any atom is 0.415 e. The molecule has 1 N–H and O–H groups in total. The molecule has 2 fully saturated rings. The summed E-state index contributed by atoms with van der Waals surface area (Å²) in [7, 11) is 0. The van der Waals surface area contributed by atoms with Gasteiger partial charge >= 0.3 is 12.2 Å². The van der Waals surface area contributed by atoms with Gasteiger partial charge in [-0.2, -0.15) is 0 Å². The monoisotopic (exact) mass is 461 g/mol. The van der Waals surface area contributed by atoms with E-state index in [9.17, 15) is 14.4 Å². The second kappa shape index (κ2) is 7.47. The third-order valence-corrected chi connectivity index (χ3v) is 6.42. The fourth-order valence-corrected chi connectivity index (χ4v) is 4.74. The average Bonchev–Trinajstić information content (AvgIpc) is 3.45. The van der Waals surface area contributed by atoms with Gasteiger partial charge in [-0.1, -0.05) is 18.2 Å². The molecule has 0 saturated carbocycles. The van der Waals surface area contributed by atoms with Crippen LogP contribution in [0.1, 0.15) is 9.67 Å². The summed E-state index contributed by atoms with van der Waals surface area (Å²) in [6.07, 6.45) is -1.68. The number of fused-ring (bicyclic) bond motifs is 3. The van der Waals surface area contributed by atoms with Crippen LogP contribution in [0, 0.1) is 0 Å². The number of hydrogen-bond donors (Lipinski definition) is 1. The Labute approximate surface area is 185 Å². The van der Waals surface area contributed by atoms with Crippen LogP contribution in [0.15, 0.2) is 42.7 Å². The molecule has 0 aliphatic carbocycles. The number of halogens is 1. The molecular weight excluding hydrogens is 446 g/mol. The van der Waals surface area contributed by atoms with Crippen LogP contribution in [-0.2, 0) is 9.47 Å². The third kappa shape index (κ3) is 3.37. The van der Waals surface area contributed by atoms with Gasteiger partial charge in [0.2, 0.25) is 0 Å². The molecule has 1 aromatic heterocycles. The zero-order valence-electron chi connectivity index (χ0n) is 16.0. The number of amides is 3. The Morgan fingerprint density at radius 1 is 1.26 bits per heavy atom. The molecule has 2 atom stereocenters. The Morgan fingerprint density at radius 2 is 2.10 bits per heavy atom. The van der Waals surface area contributed by atoms with Gasteiger partial charge in [0, 0.05) is 6.07 Å². The minimum atomic E-state index is -0.680. The first kappa shape index (κ1) is 19.7. The molecule has 0 unspecified atom stereocenters. The lowest BCUT2D eigenvalue weighted by molar-refractivity contribution is 0.0905. The summed E-state index contributed by atoms with van der Waals surface area (Å²) in [4.78, 5) is 40.2. The fourth-order valence-electron chi connectivity index (χ4n) is 3.78. The van der Waals surface area contributed by atoms with Gasteiger partial charge < -0.3 is 19.5 Å². The Bertz CT molecular complexity index is 1120. The van der Waals surface area contributed by atoms with E-state index in [0.29, 0.717) is 45.2 Å². The summed E-state index contributed by atoms with van der Waals surface area (Å²) >= 11 is 7.04. The van der Waals surface area contributed by atoms with Crippen molar-refractivity contribution in [2.24, 2.45) is 0 Å². The number of thiophene rings is 1. The van der Waals surface area contributed by atoms with E-state index in [2.05, 4.69) is 11.9 Å². The van der Waals surface area contributed by atoms with E-state index in [1.807, 2.05) is 0 Å². The van der Waals surface area contributed by atoms with Crippen LogP contribution in [0.25, 0.3) is 0 Å². The van der Waals surface area contributed by atoms with Gasteiger partial charge in [-0.15, -0.1) is 11.3 Å². The minimum absolute atomic E-state index is 0.0800. The normalized spacial score (nSPS) is 21.9. The molecule has 4 heterocycles. The maximum atomic E-state index is 12.6. The number of benzene rings is 1. The topological polar surface area (TPSA) is 97.4 Å². The molecule has 5 rings (SSSR count). The predicted octanol–water partition coefficient (Wildman–Crippen LogP) is 3.39. The van der Waals surface area contributed by atoms with Gasteiger partial charge in [-0.05, 0) is 24.3 Å². The molecule has 0 radical (unpaired) electrons. The van der Waals surface area contributed by atoms with E-state index >= 15 is 0 Å². The smallest absolute Gasteiger partial charge is 0.415 e. The fraction of sp³-hybridized carbons (Fsp3) is 0.250. The van der Waals surface area contributed by atoms with Crippen molar-refractivity contribution in [1.29, 1.82) is 0 Å². The molecule has 2 saturated heterocycles. The second-order valence-corrected chi connectivity index (χ2v) is 8.75. The van der Waals surface area contributed by atoms with E-state index in [1.54, 1.807) is 30.3 Å². The lowest BCUT2D eigenvalue weighted by Gasteiger charge is -2.33. The highest BCUT2D eigenvalue weighted by molar-refractivity contribution is 7.18. The standard InChI is InChI=1S/C20H16ClN3O6S/c1-10-17-14(9-22-18(25)15-4-5-16(21)31-15)30-20(27)24(17)12-3-2-11(8-13(12)29-10)23-6-7-28-19(23)26/h2-5,8,14,17H,1,6-7,9H2,(H,22,25)/t14-,17-/m0/s1. The first-order valence-corrected chi connectivity index (χ1v) is 10.6. The van der Waals surface area contributed by atoms with Crippen LogP contribution >= 0.6 is 22.9 Å². The number of carbonyl (C=O) groups excluding carboxylic acids is 3. The Balaban J connectivity index is 1.35. The van der Waals surface area contributed by atoms with Gasteiger partial charge in [0.1, 0.15) is 24.5 Å². The average molecular weight is 462 g/mol. The van der Waals surface area contributed by atoms with Crippen molar-refractivity contribution in [2.75, 3.05) is 29.5 Å². The lowest BCUT2D eigenvalue weighted by Crippen LogP contribution is -2.46. The number of anilines is 2. The van der Waals surface area contributed by atoms with Crippen molar-refractivity contribution in [3.05, 3.63) is 51.9 Å². The lowest BCUT2D eigenvalue weighted by atomic mass is 10.1. The van der Waals surface area contributed by atoms with Crippen LogP contribution < -0.4 is 19.9 Å². The summed E-state index contributed by atoms with van der Waals surface area (Å²) in [5.74, 6) is 0.377. The van der Waals surface area contributed by atoms with Gasteiger partial charge in [-0.3, -0.25) is 14.6 Å². The molecule has 0 bridgehead atoms. The van der Waals surface area contributed by atoms with Crippen LogP contribution in [0.2, 0.25) is 4.34 Å². The molecule has 3 aliphatic heterocycles. The summed E-state index contributed by atoms with van der Waals surface area (Å²) < 4.78 is 16.9. The van der Waals surface area contributed by atoms with Gasteiger partial charge in [0.15, 0.2) is 5.75 Å². The Kier molecular flexibility index (Phi) is 4.75. The minimum Gasteiger partial charge on any atom is -0.458 e. The van der Waals surface area contributed by atoms with E-state index in [-0.39, 0.29) is 12.5 Å². The third-order valence-electron chi connectivity index (χ3n) is 5.19. The van der Waals surface area contributed by atoms with Crippen molar-refractivity contribution in [1.82, 2.24) is 5.32 Å². The molecule has 9 nitrogen and oxygen atoms in total. The van der Waals surface area contributed by atoms with Gasteiger partial charge in [0.05, 0.1) is 33.7 Å². The zero-order chi connectivity index (χ0) is 21.7. The van der Waals surface area contributed by atoms with Crippen LogP contribution in [-0.4, -0.2) is 49.9 Å². The molecule has 1 aromatic carbocycles. The number of rotatable bonds is 4. The molecule has 0 spiro atoms. The van der Waals surface area contributed by atoms with Gasteiger partial charge in [0.25, 0.3) is 5.91 Å². The highest BCUT2D eigenvalue weighted by Gasteiger charge is 2.49. The summed E-state index contributed by atoms with van der Waals surface area (Å²) in [6, 6.07) is 7.72. The molecule has 31 heavy (non-hydrogen) atoms. The van der Waals surface area contributed by atoms with E-state index in [1.165, 1.54) is 9.80 Å². The number of nitrogens with zero attached hydrogens (tertiary/aromatic N) is 2. The highest BCUT2D eigenvalue weighted by Crippen LogP contribution is 2.44. The molecule has 160 valence electrons. The largest absolute Gasteiger partial charge is 0.458 e. The highest BCUT2D eigenvalue weighted by atomic mass is 35.5. The maximum absolute atomic E-state index is 12.6. The van der Waals surface area contributed by atoms with Crippen molar-refractivity contribution < 1.29 is 28.6 Å². The summed E-state index contributed by atoms with van der Waals surface area (Å²) in [5.41, 5.74) is 1.09.